The van der Waals surface area contributed by atoms with Crippen LogP contribution in [0.5, 0.6) is 0 Å². The number of aryl methyl sites for hydroxylation is 1. The predicted molar refractivity (Wildman–Crippen MR) is 50.4 cm³/mol. The molecule has 0 unspecified atom stereocenters. The molecule has 0 saturated carbocycles. The van der Waals surface area contributed by atoms with E-state index >= 15 is 0 Å². The number of imidazole rings is 1. The first-order valence-corrected chi connectivity index (χ1v) is 4.74. The largest absolute Gasteiger partial charge is 0.330 e. The molecule has 2 heterocycles. The molecule has 0 N–H and O–H groups in total. The Balaban J connectivity index is 2.20. The number of aromatic nitrogens is 2. The van der Waals surface area contributed by atoms with Gasteiger partial charge in [-0.05, 0) is 18.4 Å². The summed E-state index contributed by atoms with van der Waals surface area (Å²) in [6, 6.07) is 4.22. The van der Waals surface area contributed by atoms with E-state index in [9.17, 15) is 0 Å². The SMILES string of the molecule is Cc1nccn1Cc1cccs1. The number of thiophene rings is 1. The molecule has 2 aromatic heterocycles. The maximum absolute atomic E-state index is 4.16. The molecule has 0 spiro atoms. The van der Waals surface area contributed by atoms with Gasteiger partial charge in [0.05, 0.1) is 6.54 Å². The summed E-state index contributed by atoms with van der Waals surface area (Å²) in [5.41, 5.74) is 0. The molecule has 0 amide bonds. The lowest BCUT2D eigenvalue weighted by atomic mass is 10.4. The molecule has 0 aromatic carbocycles. The molecule has 2 aromatic rings. The highest BCUT2D eigenvalue weighted by Gasteiger charge is 1.97. The summed E-state index contributed by atoms with van der Waals surface area (Å²) in [5, 5.41) is 2.10. The van der Waals surface area contributed by atoms with Crippen LogP contribution in [0.1, 0.15) is 10.7 Å². The van der Waals surface area contributed by atoms with E-state index in [1.807, 2.05) is 19.3 Å². The molecule has 0 aliphatic rings. The fourth-order valence-corrected chi connectivity index (χ4v) is 1.84. The molecule has 0 fully saturated rings. The van der Waals surface area contributed by atoms with Crippen LogP contribution in [-0.2, 0) is 6.54 Å². The van der Waals surface area contributed by atoms with Gasteiger partial charge in [-0.15, -0.1) is 11.3 Å². The summed E-state index contributed by atoms with van der Waals surface area (Å²) >= 11 is 1.78. The zero-order chi connectivity index (χ0) is 8.39. The van der Waals surface area contributed by atoms with Crippen LogP contribution in [0.4, 0.5) is 0 Å². The first-order chi connectivity index (χ1) is 5.86. The zero-order valence-electron chi connectivity index (χ0n) is 6.90. The Kier molecular flexibility index (Phi) is 1.96. The monoisotopic (exact) mass is 178 g/mol. The minimum absolute atomic E-state index is 0.948. The van der Waals surface area contributed by atoms with Crippen LogP contribution in [-0.4, -0.2) is 9.55 Å². The third kappa shape index (κ3) is 1.41. The van der Waals surface area contributed by atoms with E-state index in [0.29, 0.717) is 0 Å². The van der Waals surface area contributed by atoms with Crippen molar-refractivity contribution in [2.24, 2.45) is 0 Å². The normalized spacial score (nSPS) is 10.4. The predicted octanol–water partition coefficient (Wildman–Crippen LogP) is 2.30. The van der Waals surface area contributed by atoms with Crippen molar-refractivity contribution in [2.75, 3.05) is 0 Å². The van der Waals surface area contributed by atoms with Crippen molar-refractivity contribution < 1.29 is 0 Å². The summed E-state index contributed by atoms with van der Waals surface area (Å²) in [4.78, 5) is 5.54. The maximum Gasteiger partial charge on any atom is 0.105 e. The average Bonchev–Trinajstić information content (AvgIpc) is 2.65. The summed E-state index contributed by atoms with van der Waals surface area (Å²) in [6.45, 7) is 2.97. The molecule has 62 valence electrons. The lowest BCUT2D eigenvalue weighted by molar-refractivity contribution is 0.772. The van der Waals surface area contributed by atoms with Gasteiger partial charge in [-0.2, -0.15) is 0 Å². The highest BCUT2D eigenvalue weighted by Crippen LogP contribution is 2.11. The summed E-state index contributed by atoms with van der Waals surface area (Å²) in [7, 11) is 0. The van der Waals surface area contributed by atoms with Crippen molar-refractivity contribution in [3.05, 3.63) is 40.6 Å². The summed E-state index contributed by atoms with van der Waals surface area (Å²) in [5.74, 6) is 1.07. The van der Waals surface area contributed by atoms with Crippen molar-refractivity contribution in [3.63, 3.8) is 0 Å². The number of nitrogens with zero attached hydrogens (tertiary/aromatic N) is 2. The Morgan fingerprint density at radius 1 is 1.58 bits per heavy atom. The van der Waals surface area contributed by atoms with E-state index in [1.54, 1.807) is 11.3 Å². The minimum atomic E-state index is 0.948. The van der Waals surface area contributed by atoms with Crippen molar-refractivity contribution in [1.29, 1.82) is 0 Å². The van der Waals surface area contributed by atoms with Crippen molar-refractivity contribution >= 4 is 11.3 Å². The summed E-state index contributed by atoms with van der Waals surface area (Å²) < 4.78 is 2.14. The number of rotatable bonds is 2. The molecule has 2 rings (SSSR count). The van der Waals surface area contributed by atoms with Crippen LogP contribution in [0.2, 0.25) is 0 Å². The van der Waals surface area contributed by atoms with Crippen LogP contribution in [0.15, 0.2) is 29.9 Å². The molecule has 12 heavy (non-hydrogen) atoms. The third-order valence-electron chi connectivity index (χ3n) is 1.83. The second kappa shape index (κ2) is 3.11. The number of hydrogen-bond donors (Lipinski definition) is 0. The van der Waals surface area contributed by atoms with E-state index in [4.69, 9.17) is 0 Å². The van der Waals surface area contributed by atoms with E-state index in [1.165, 1.54) is 4.88 Å². The van der Waals surface area contributed by atoms with Gasteiger partial charge in [-0.1, -0.05) is 6.07 Å². The Morgan fingerprint density at radius 3 is 3.08 bits per heavy atom. The van der Waals surface area contributed by atoms with E-state index < -0.39 is 0 Å². The minimum Gasteiger partial charge on any atom is -0.330 e. The van der Waals surface area contributed by atoms with Crippen molar-refractivity contribution in [1.82, 2.24) is 9.55 Å². The fraction of sp³-hybridized carbons (Fsp3) is 0.222. The van der Waals surface area contributed by atoms with Crippen LogP contribution < -0.4 is 0 Å². The highest BCUT2D eigenvalue weighted by atomic mass is 32.1. The molecule has 0 aliphatic heterocycles. The molecule has 0 radical (unpaired) electrons. The molecule has 2 nitrogen and oxygen atoms in total. The lowest BCUT2D eigenvalue weighted by Crippen LogP contribution is -1.98. The van der Waals surface area contributed by atoms with E-state index in [-0.39, 0.29) is 0 Å². The van der Waals surface area contributed by atoms with Crippen molar-refractivity contribution in [2.45, 2.75) is 13.5 Å². The van der Waals surface area contributed by atoms with Crippen LogP contribution in [0, 0.1) is 6.92 Å². The first-order valence-electron chi connectivity index (χ1n) is 3.86. The fourth-order valence-electron chi connectivity index (χ4n) is 1.14. The first kappa shape index (κ1) is 7.55. The summed E-state index contributed by atoms with van der Waals surface area (Å²) in [6.07, 6.45) is 3.85. The van der Waals surface area contributed by atoms with Gasteiger partial charge in [0.1, 0.15) is 5.82 Å². The van der Waals surface area contributed by atoms with Gasteiger partial charge in [0.15, 0.2) is 0 Å². The highest BCUT2D eigenvalue weighted by molar-refractivity contribution is 7.09. The standard InChI is InChI=1S/C9H10N2S/c1-8-10-4-5-11(8)7-9-3-2-6-12-9/h2-6H,7H2,1H3. The van der Waals surface area contributed by atoms with Gasteiger partial charge in [-0.25, -0.2) is 4.98 Å². The average molecular weight is 178 g/mol. The van der Waals surface area contributed by atoms with Crippen LogP contribution >= 0.6 is 11.3 Å². The van der Waals surface area contributed by atoms with Gasteiger partial charge in [0.2, 0.25) is 0 Å². The van der Waals surface area contributed by atoms with Gasteiger partial charge < -0.3 is 4.57 Å². The van der Waals surface area contributed by atoms with Crippen molar-refractivity contribution in [3.8, 4) is 0 Å². The third-order valence-corrected chi connectivity index (χ3v) is 2.69. The van der Waals surface area contributed by atoms with E-state index in [0.717, 1.165) is 12.4 Å². The Morgan fingerprint density at radius 2 is 2.50 bits per heavy atom. The molecule has 0 saturated heterocycles. The smallest absolute Gasteiger partial charge is 0.105 e. The van der Waals surface area contributed by atoms with E-state index in [2.05, 4.69) is 27.1 Å². The van der Waals surface area contributed by atoms with Crippen LogP contribution in [0.25, 0.3) is 0 Å². The van der Waals surface area contributed by atoms with Gasteiger partial charge in [0.25, 0.3) is 0 Å². The Hall–Kier alpha value is -1.09. The molecule has 0 atom stereocenters. The van der Waals surface area contributed by atoms with Gasteiger partial charge >= 0.3 is 0 Å². The lowest BCUT2D eigenvalue weighted by Gasteiger charge is -2.00. The zero-order valence-corrected chi connectivity index (χ0v) is 7.71. The number of hydrogen-bond acceptors (Lipinski definition) is 2. The Labute approximate surface area is 75.5 Å². The Bertz CT molecular complexity index is 348. The van der Waals surface area contributed by atoms with Gasteiger partial charge in [0, 0.05) is 17.3 Å². The van der Waals surface area contributed by atoms with Crippen LogP contribution in [0.3, 0.4) is 0 Å². The maximum atomic E-state index is 4.16. The second-order valence-electron chi connectivity index (χ2n) is 2.68. The second-order valence-corrected chi connectivity index (χ2v) is 3.71. The molecule has 3 heteroatoms. The quantitative estimate of drug-likeness (QED) is 0.690. The molecular formula is C9H10N2S. The topological polar surface area (TPSA) is 17.8 Å². The molecular weight excluding hydrogens is 168 g/mol. The molecule has 0 bridgehead atoms. The molecule has 0 aliphatic carbocycles. The van der Waals surface area contributed by atoms with Gasteiger partial charge in [-0.3, -0.25) is 0 Å².